The van der Waals surface area contributed by atoms with Gasteiger partial charge in [0.25, 0.3) is 0 Å². The number of benzene rings is 2. The molecule has 5 rings (SSSR count). The number of aromatic nitrogens is 1. The van der Waals surface area contributed by atoms with E-state index in [4.69, 9.17) is 18.9 Å². The third-order valence-electron chi connectivity index (χ3n) is 6.11. The highest BCUT2D eigenvalue weighted by Gasteiger charge is 2.27. The Morgan fingerprint density at radius 1 is 1.17 bits per heavy atom. The molecule has 1 saturated carbocycles. The summed E-state index contributed by atoms with van der Waals surface area (Å²) in [5.41, 5.74) is 4.04. The fourth-order valence-electron chi connectivity index (χ4n) is 4.36. The van der Waals surface area contributed by atoms with Gasteiger partial charge in [0.05, 0.1) is 36.1 Å². The Morgan fingerprint density at radius 2 is 1.91 bits per heavy atom. The highest BCUT2D eigenvalue weighted by atomic mass is 16.7. The Hall–Kier alpha value is -3.54. The van der Waals surface area contributed by atoms with Crippen LogP contribution in [0.3, 0.4) is 0 Å². The first-order chi connectivity index (χ1) is 17.0. The SMILES string of the molecule is CC(C)OC(=O)Nc1ccc(-c2c(C#N)c3ccc(OC4COCOC4)cc3n2CC2CC2)cc1. The average molecular weight is 476 g/mol. The van der Waals surface area contributed by atoms with Gasteiger partial charge < -0.3 is 23.5 Å². The zero-order valence-electron chi connectivity index (χ0n) is 20.0. The molecule has 2 aromatic carbocycles. The molecule has 1 aliphatic carbocycles. The molecule has 3 aromatic rings. The molecule has 1 aliphatic heterocycles. The number of anilines is 1. The van der Waals surface area contributed by atoms with Gasteiger partial charge in [-0.1, -0.05) is 12.1 Å². The minimum Gasteiger partial charge on any atom is -0.486 e. The van der Waals surface area contributed by atoms with Crippen molar-refractivity contribution in [3.05, 3.63) is 48.0 Å². The highest BCUT2D eigenvalue weighted by molar-refractivity contribution is 5.95. The Balaban J connectivity index is 1.50. The zero-order valence-corrected chi connectivity index (χ0v) is 20.0. The van der Waals surface area contributed by atoms with Crippen molar-refractivity contribution >= 4 is 22.7 Å². The van der Waals surface area contributed by atoms with Crippen molar-refractivity contribution in [3.8, 4) is 23.1 Å². The summed E-state index contributed by atoms with van der Waals surface area (Å²) < 4.78 is 24.2. The summed E-state index contributed by atoms with van der Waals surface area (Å²) in [6, 6.07) is 15.8. The number of nitrogens with one attached hydrogen (secondary N) is 1. The number of rotatable bonds is 7. The van der Waals surface area contributed by atoms with E-state index in [-0.39, 0.29) is 12.2 Å². The number of carbonyl (C=O) groups is 1. The van der Waals surface area contributed by atoms with Gasteiger partial charge in [-0.3, -0.25) is 5.32 Å². The lowest BCUT2D eigenvalue weighted by Crippen LogP contribution is -2.33. The summed E-state index contributed by atoms with van der Waals surface area (Å²) in [7, 11) is 0. The lowest BCUT2D eigenvalue weighted by molar-refractivity contribution is -0.143. The maximum atomic E-state index is 11.9. The van der Waals surface area contributed by atoms with Crippen LogP contribution in [-0.4, -0.2) is 42.9 Å². The molecule has 1 amide bonds. The topological polar surface area (TPSA) is 94.7 Å². The number of carbonyl (C=O) groups excluding carboxylic acids is 1. The molecule has 2 fully saturated rings. The quantitative estimate of drug-likeness (QED) is 0.498. The predicted octanol–water partition coefficient (Wildman–Crippen LogP) is 5.30. The van der Waals surface area contributed by atoms with Gasteiger partial charge in [0, 0.05) is 23.7 Å². The molecule has 1 N–H and O–H groups in total. The number of fused-ring (bicyclic) bond motifs is 1. The van der Waals surface area contributed by atoms with Crippen molar-refractivity contribution in [2.75, 3.05) is 25.3 Å². The number of hydrogen-bond acceptors (Lipinski definition) is 6. The third kappa shape index (κ3) is 5.26. The van der Waals surface area contributed by atoms with Gasteiger partial charge in [-0.15, -0.1) is 0 Å². The van der Waals surface area contributed by atoms with Gasteiger partial charge >= 0.3 is 6.09 Å². The molecular formula is C27H29N3O5. The van der Waals surface area contributed by atoms with E-state index in [1.807, 2.05) is 42.5 Å². The predicted molar refractivity (Wildman–Crippen MR) is 131 cm³/mol. The summed E-state index contributed by atoms with van der Waals surface area (Å²) in [6.45, 7) is 5.72. The van der Waals surface area contributed by atoms with E-state index in [2.05, 4.69) is 16.0 Å². The first kappa shape index (κ1) is 23.2. The molecule has 1 saturated heterocycles. The Morgan fingerprint density at radius 3 is 2.57 bits per heavy atom. The molecule has 0 radical (unpaired) electrons. The van der Waals surface area contributed by atoms with Gasteiger partial charge in [-0.2, -0.15) is 5.26 Å². The summed E-state index contributed by atoms with van der Waals surface area (Å²) in [5, 5.41) is 13.8. The standard InChI is InChI=1S/C27H29N3O5/c1-17(2)34-27(31)29-20-7-5-19(6-8-20)26-24(12-28)23-10-9-21(35-22-14-32-16-33-15-22)11-25(23)30(26)13-18-3-4-18/h5-11,17-18,22H,3-4,13-16H2,1-2H3,(H,29,31). The number of nitrogens with zero attached hydrogens (tertiary/aromatic N) is 2. The number of hydrogen-bond donors (Lipinski definition) is 1. The summed E-state index contributed by atoms with van der Waals surface area (Å²) in [6.07, 6.45) is 1.53. The second kappa shape index (κ2) is 9.98. The molecule has 1 aromatic heterocycles. The largest absolute Gasteiger partial charge is 0.486 e. The number of ether oxygens (including phenoxy) is 4. The van der Waals surface area contributed by atoms with Crippen molar-refractivity contribution in [1.29, 1.82) is 5.26 Å². The van der Waals surface area contributed by atoms with Crippen LogP contribution in [0.15, 0.2) is 42.5 Å². The Bertz CT molecular complexity index is 1250. The lowest BCUT2D eigenvalue weighted by Gasteiger charge is -2.23. The van der Waals surface area contributed by atoms with E-state index in [0.29, 0.717) is 37.2 Å². The van der Waals surface area contributed by atoms with E-state index in [1.165, 1.54) is 12.8 Å². The second-order valence-electron chi connectivity index (χ2n) is 9.32. The summed E-state index contributed by atoms with van der Waals surface area (Å²) in [4.78, 5) is 11.9. The van der Waals surface area contributed by atoms with Crippen molar-refractivity contribution in [2.24, 2.45) is 5.92 Å². The lowest BCUT2D eigenvalue weighted by atomic mass is 10.1. The minimum atomic E-state index is -0.491. The molecule has 2 aliphatic rings. The normalized spacial score (nSPS) is 16.3. The van der Waals surface area contributed by atoms with Crippen LogP contribution in [0.2, 0.25) is 0 Å². The van der Waals surface area contributed by atoms with Crippen LogP contribution in [0.5, 0.6) is 5.75 Å². The molecule has 0 spiro atoms. The summed E-state index contributed by atoms with van der Waals surface area (Å²) in [5.74, 6) is 1.33. The molecule has 2 heterocycles. The monoisotopic (exact) mass is 475 g/mol. The van der Waals surface area contributed by atoms with Gasteiger partial charge in [0.1, 0.15) is 24.7 Å². The molecule has 182 valence electrons. The first-order valence-electron chi connectivity index (χ1n) is 12.0. The summed E-state index contributed by atoms with van der Waals surface area (Å²) >= 11 is 0. The molecular weight excluding hydrogens is 446 g/mol. The van der Waals surface area contributed by atoms with Gasteiger partial charge in [0.2, 0.25) is 0 Å². The maximum absolute atomic E-state index is 11.9. The minimum absolute atomic E-state index is 0.162. The molecule has 0 atom stereocenters. The van der Waals surface area contributed by atoms with E-state index >= 15 is 0 Å². The third-order valence-corrected chi connectivity index (χ3v) is 6.11. The molecule has 8 nitrogen and oxygen atoms in total. The van der Waals surface area contributed by atoms with E-state index in [1.54, 1.807) is 13.8 Å². The van der Waals surface area contributed by atoms with Crippen LogP contribution >= 0.6 is 0 Å². The smallest absolute Gasteiger partial charge is 0.411 e. The van der Waals surface area contributed by atoms with Crippen LogP contribution in [-0.2, 0) is 20.8 Å². The number of nitriles is 1. The van der Waals surface area contributed by atoms with E-state index in [0.717, 1.165) is 34.5 Å². The number of amides is 1. The van der Waals surface area contributed by atoms with E-state index < -0.39 is 6.09 Å². The second-order valence-corrected chi connectivity index (χ2v) is 9.32. The molecule has 0 bridgehead atoms. The Kier molecular flexibility index (Phi) is 6.62. The fraction of sp³-hybridized carbons (Fsp3) is 0.407. The Labute approximate surface area is 204 Å². The van der Waals surface area contributed by atoms with E-state index in [9.17, 15) is 10.1 Å². The van der Waals surface area contributed by atoms with Gasteiger partial charge in [0.15, 0.2) is 0 Å². The average Bonchev–Trinajstić information content (AvgIpc) is 3.61. The van der Waals surface area contributed by atoms with Crippen LogP contribution in [0.1, 0.15) is 32.3 Å². The maximum Gasteiger partial charge on any atom is 0.411 e. The highest BCUT2D eigenvalue weighted by Crippen LogP contribution is 2.40. The fourth-order valence-corrected chi connectivity index (χ4v) is 4.36. The van der Waals surface area contributed by atoms with Crippen molar-refractivity contribution in [1.82, 2.24) is 4.57 Å². The van der Waals surface area contributed by atoms with Gasteiger partial charge in [-0.05, 0) is 62.4 Å². The first-order valence-corrected chi connectivity index (χ1v) is 12.0. The van der Waals surface area contributed by atoms with Crippen molar-refractivity contribution in [2.45, 2.75) is 45.4 Å². The zero-order chi connectivity index (χ0) is 24.4. The molecule has 0 unspecified atom stereocenters. The van der Waals surface area contributed by atoms with Gasteiger partial charge in [-0.25, -0.2) is 4.79 Å². The molecule has 8 heteroatoms. The van der Waals surface area contributed by atoms with Crippen molar-refractivity contribution < 1.29 is 23.7 Å². The molecule has 35 heavy (non-hydrogen) atoms. The van der Waals surface area contributed by atoms with Crippen molar-refractivity contribution in [3.63, 3.8) is 0 Å². The van der Waals surface area contributed by atoms with Crippen LogP contribution < -0.4 is 10.1 Å². The van der Waals surface area contributed by atoms with Crippen LogP contribution in [0.4, 0.5) is 10.5 Å². The van der Waals surface area contributed by atoms with Crippen LogP contribution in [0.25, 0.3) is 22.2 Å². The van der Waals surface area contributed by atoms with Crippen LogP contribution in [0, 0.1) is 17.2 Å².